The van der Waals surface area contributed by atoms with Gasteiger partial charge >= 0.3 is 0 Å². The van der Waals surface area contributed by atoms with Crippen LogP contribution in [0.5, 0.6) is 0 Å². The lowest BCUT2D eigenvalue weighted by Crippen LogP contribution is -2.14. The second-order valence-corrected chi connectivity index (χ2v) is 7.91. The number of thiophene rings is 1. The summed E-state index contributed by atoms with van der Waals surface area (Å²) in [6, 6.07) is 12.1. The highest BCUT2D eigenvalue weighted by Crippen LogP contribution is 2.40. The van der Waals surface area contributed by atoms with E-state index in [-0.39, 0.29) is 11.5 Å². The van der Waals surface area contributed by atoms with E-state index in [1.807, 2.05) is 25.1 Å². The minimum atomic E-state index is 0.181. The Bertz CT molecular complexity index is 1270. The molecule has 4 aromatic rings. The van der Waals surface area contributed by atoms with E-state index in [0.29, 0.717) is 28.2 Å². The first-order valence-electron chi connectivity index (χ1n) is 9.26. The van der Waals surface area contributed by atoms with Crippen LogP contribution >= 0.6 is 11.3 Å². The van der Waals surface area contributed by atoms with Crippen LogP contribution < -0.4 is 16.8 Å². The average molecular weight is 416 g/mol. The van der Waals surface area contributed by atoms with Crippen LogP contribution in [-0.4, -0.2) is 28.9 Å². The van der Waals surface area contributed by atoms with Crippen molar-refractivity contribution in [2.24, 2.45) is 0 Å². The lowest BCUT2D eigenvalue weighted by atomic mass is 9.91. The summed E-state index contributed by atoms with van der Waals surface area (Å²) in [6.07, 6.45) is 2.60. The maximum atomic E-state index is 8.89. The summed E-state index contributed by atoms with van der Waals surface area (Å²) >= 11 is 1.63. The van der Waals surface area contributed by atoms with Gasteiger partial charge in [0.05, 0.1) is 11.3 Å². The van der Waals surface area contributed by atoms with E-state index in [4.69, 9.17) is 22.3 Å². The number of aromatic nitrogens is 2. The zero-order valence-corrected chi connectivity index (χ0v) is 17.4. The van der Waals surface area contributed by atoms with Gasteiger partial charge in [0.15, 0.2) is 0 Å². The number of nitrogen functional groups attached to an aromatic ring is 2. The van der Waals surface area contributed by atoms with E-state index in [1.54, 1.807) is 18.4 Å². The highest BCUT2D eigenvalue weighted by atomic mass is 32.1. The summed E-state index contributed by atoms with van der Waals surface area (Å²) in [5, 5.41) is 20.9. The third-order valence-electron chi connectivity index (χ3n) is 5.15. The van der Waals surface area contributed by atoms with Crippen molar-refractivity contribution in [3.8, 4) is 10.4 Å². The third-order valence-corrected chi connectivity index (χ3v) is 6.29. The number of benzene rings is 2. The first-order valence-corrected chi connectivity index (χ1v) is 10.1. The summed E-state index contributed by atoms with van der Waals surface area (Å²) in [5.41, 5.74) is 16.4. The first kappa shape index (κ1) is 19.5. The largest absolute Gasteiger partial charge is 0.398 e. The molecule has 0 saturated heterocycles. The van der Waals surface area contributed by atoms with Crippen molar-refractivity contribution in [1.29, 1.82) is 10.8 Å². The highest BCUT2D eigenvalue weighted by Gasteiger charge is 2.22. The standard InChI is InChI=1S/C22H21N7S/c1-11-13(20(25)18-21(26)28-10-29-22(18)27-2)8-14(19(24)15(11)9-23)17-7-12-5-3-4-6-16(12)30-17/h3-10,23,25H,24H2,1-2H3,(H3,26,27,28,29). The fourth-order valence-corrected chi connectivity index (χ4v) is 4.65. The summed E-state index contributed by atoms with van der Waals surface area (Å²) < 4.78 is 1.15. The molecule has 0 aliphatic carbocycles. The number of nitrogens with one attached hydrogen (secondary N) is 3. The molecule has 0 unspecified atom stereocenters. The molecule has 30 heavy (non-hydrogen) atoms. The molecule has 0 atom stereocenters. The monoisotopic (exact) mass is 415 g/mol. The van der Waals surface area contributed by atoms with Crippen molar-refractivity contribution < 1.29 is 0 Å². The lowest BCUT2D eigenvalue weighted by molar-refractivity contribution is 1.15. The predicted octanol–water partition coefficient (Wildman–Crippen LogP) is 4.29. The van der Waals surface area contributed by atoms with Crippen molar-refractivity contribution in [3.63, 3.8) is 0 Å². The van der Waals surface area contributed by atoms with Crippen molar-refractivity contribution in [3.05, 3.63) is 65.0 Å². The molecule has 0 spiro atoms. The van der Waals surface area contributed by atoms with E-state index in [9.17, 15) is 0 Å². The van der Waals surface area contributed by atoms with Crippen molar-refractivity contribution in [2.45, 2.75) is 6.92 Å². The van der Waals surface area contributed by atoms with Crippen molar-refractivity contribution >= 4 is 50.7 Å². The lowest BCUT2D eigenvalue weighted by Gasteiger charge is -2.18. The molecule has 0 saturated carbocycles. The van der Waals surface area contributed by atoms with Gasteiger partial charge in [-0.3, -0.25) is 5.41 Å². The van der Waals surface area contributed by atoms with Crippen LogP contribution in [0.4, 0.5) is 17.3 Å². The van der Waals surface area contributed by atoms with Crippen LogP contribution in [0.25, 0.3) is 20.5 Å². The molecule has 7 nitrogen and oxygen atoms in total. The number of nitrogens with zero attached hydrogens (tertiary/aromatic N) is 2. The van der Waals surface area contributed by atoms with E-state index in [0.717, 1.165) is 26.1 Å². The molecule has 0 fully saturated rings. The molecule has 0 radical (unpaired) electrons. The van der Waals surface area contributed by atoms with Crippen LogP contribution in [0.3, 0.4) is 0 Å². The second kappa shape index (κ2) is 7.57. The number of rotatable bonds is 5. The molecular weight excluding hydrogens is 394 g/mol. The molecular formula is C22H21N7S. The van der Waals surface area contributed by atoms with Gasteiger partial charge in [0.25, 0.3) is 0 Å². The molecule has 0 bridgehead atoms. The Balaban J connectivity index is 1.96. The van der Waals surface area contributed by atoms with E-state index < -0.39 is 0 Å². The van der Waals surface area contributed by atoms with Crippen molar-refractivity contribution in [2.75, 3.05) is 23.8 Å². The van der Waals surface area contributed by atoms with Gasteiger partial charge in [0, 0.05) is 45.2 Å². The average Bonchev–Trinajstić information content (AvgIpc) is 3.17. The van der Waals surface area contributed by atoms with Crippen molar-refractivity contribution in [1.82, 2.24) is 9.97 Å². The van der Waals surface area contributed by atoms with Crippen LogP contribution in [0, 0.1) is 17.7 Å². The first-order chi connectivity index (χ1) is 14.5. The zero-order valence-electron chi connectivity index (χ0n) is 16.6. The topological polar surface area (TPSA) is 138 Å². The number of nitrogens with two attached hydrogens (primary N) is 2. The molecule has 7 N–H and O–H groups in total. The Hall–Kier alpha value is -3.78. The molecule has 2 aromatic heterocycles. The Morgan fingerprint density at radius 1 is 1.17 bits per heavy atom. The van der Waals surface area contributed by atoms with Gasteiger partial charge in [-0.2, -0.15) is 0 Å². The molecule has 2 aromatic carbocycles. The fraction of sp³-hybridized carbons (Fsp3) is 0.0909. The third kappa shape index (κ3) is 3.07. The maximum Gasteiger partial charge on any atom is 0.140 e. The van der Waals surface area contributed by atoms with Gasteiger partial charge < -0.3 is 22.2 Å². The zero-order chi connectivity index (χ0) is 21.4. The minimum absolute atomic E-state index is 0.181. The summed E-state index contributed by atoms with van der Waals surface area (Å²) in [6.45, 7) is 1.86. The van der Waals surface area contributed by atoms with Gasteiger partial charge in [0.1, 0.15) is 18.0 Å². The molecule has 0 aliphatic heterocycles. The number of anilines is 3. The Labute approximate surface area is 177 Å². The quantitative estimate of drug-likeness (QED) is 0.245. The SMILES string of the molecule is CNc1ncnc(N)c1C(=N)c1cc(-c2cc3ccccc3s2)c(N)c(C=N)c1C. The Morgan fingerprint density at radius 3 is 2.63 bits per heavy atom. The van der Waals surface area contributed by atoms with E-state index in [2.05, 4.69) is 33.5 Å². The van der Waals surface area contributed by atoms with E-state index in [1.165, 1.54) is 12.5 Å². The predicted molar refractivity (Wildman–Crippen MR) is 126 cm³/mol. The van der Waals surface area contributed by atoms with E-state index >= 15 is 0 Å². The second-order valence-electron chi connectivity index (χ2n) is 6.82. The van der Waals surface area contributed by atoms with Gasteiger partial charge in [-0.25, -0.2) is 9.97 Å². The van der Waals surface area contributed by atoms with Crippen LogP contribution in [0.15, 0.2) is 42.7 Å². The summed E-state index contributed by atoms with van der Waals surface area (Å²) in [7, 11) is 1.72. The molecule has 2 heterocycles. The van der Waals surface area contributed by atoms with Gasteiger partial charge in [-0.05, 0) is 36.1 Å². The Kier molecular flexibility index (Phi) is 4.93. The molecule has 8 heteroatoms. The number of fused-ring (bicyclic) bond motifs is 1. The molecule has 150 valence electrons. The number of hydrogen-bond donors (Lipinski definition) is 5. The van der Waals surface area contributed by atoms with Gasteiger partial charge in [-0.15, -0.1) is 11.3 Å². The molecule has 0 aliphatic rings. The summed E-state index contributed by atoms with van der Waals surface area (Å²) in [4.78, 5) is 9.23. The fourth-order valence-electron chi connectivity index (χ4n) is 3.56. The highest BCUT2D eigenvalue weighted by molar-refractivity contribution is 7.22. The maximum absolute atomic E-state index is 8.89. The Morgan fingerprint density at radius 2 is 1.93 bits per heavy atom. The van der Waals surface area contributed by atoms with Gasteiger partial charge in [-0.1, -0.05) is 18.2 Å². The minimum Gasteiger partial charge on any atom is -0.398 e. The molecule has 0 amide bonds. The molecule has 4 rings (SSSR count). The van der Waals surface area contributed by atoms with Crippen LogP contribution in [0.2, 0.25) is 0 Å². The summed E-state index contributed by atoms with van der Waals surface area (Å²) in [5.74, 6) is 0.693. The number of hydrogen-bond acceptors (Lipinski definition) is 8. The van der Waals surface area contributed by atoms with Crippen LogP contribution in [0.1, 0.15) is 22.3 Å². The normalized spacial score (nSPS) is 10.9. The van der Waals surface area contributed by atoms with Crippen LogP contribution in [-0.2, 0) is 0 Å². The van der Waals surface area contributed by atoms with Gasteiger partial charge in [0.2, 0.25) is 0 Å². The smallest absolute Gasteiger partial charge is 0.140 e.